The Bertz CT molecular complexity index is 692. The molecule has 3 aliphatic heterocycles. The first-order valence-corrected chi connectivity index (χ1v) is 10.7. The Morgan fingerprint density at radius 1 is 1.24 bits per heavy atom. The number of rotatable bonds is 3. The van der Waals surface area contributed by atoms with E-state index in [9.17, 15) is 18.0 Å². The van der Waals surface area contributed by atoms with Crippen molar-refractivity contribution in [2.75, 3.05) is 26.2 Å². The third-order valence-electron chi connectivity index (χ3n) is 5.56. The van der Waals surface area contributed by atoms with Gasteiger partial charge in [-0.2, -0.15) is 24.5 Å². The van der Waals surface area contributed by atoms with Crippen LogP contribution in [0.4, 0.5) is 13.2 Å². The minimum absolute atomic E-state index is 0.172. The maximum absolute atomic E-state index is 12.5. The third-order valence-corrected chi connectivity index (χ3v) is 6.29. The number of carbonyl (C=O) groups is 2. The van der Waals surface area contributed by atoms with Crippen LogP contribution in [0.2, 0.25) is 0 Å². The number of hydrogen-bond donors (Lipinski definition) is 1. The predicted octanol–water partition coefficient (Wildman–Crippen LogP) is 2.98. The number of ether oxygens (including phenoxy) is 1. The molecule has 1 amide bonds. The van der Waals surface area contributed by atoms with Crippen molar-refractivity contribution in [1.82, 2.24) is 9.80 Å². The lowest BCUT2D eigenvalue weighted by atomic mass is 9.91. The number of aliphatic carboxylic acids is 1. The Hall–Kier alpha value is -1.65. The molecule has 3 aliphatic rings. The van der Waals surface area contributed by atoms with Crippen molar-refractivity contribution in [3.05, 3.63) is 22.4 Å². The number of nitrogens with zero attached hydrogens (tertiary/aromatic N) is 2. The van der Waals surface area contributed by atoms with E-state index in [-0.39, 0.29) is 18.1 Å². The average Bonchev–Trinajstić information content (AvgIpc) is 3.42. The van der Waals surface area contributed by atoms with Crippen molar-refractivity contribution >= 4 is 23.2 Å². The Morgan fingerprint density at radius 2 is 1.93 bits per heavy atom. The molecule has 0 aliphatic carbocycles. The molecule has 1 aromatic rings. The highest BCUT2D eigenvalue weighted by Crippen LogP contribution is 2.35. The lowest BCUT2D eigenvalue weighted by Gasteiger charge is -2.33. The van der Waals surface area contributed by atoms with Gasteiger partial charge >= 0.3 is 12.1 Å². The number of carboxylic acid groups (broad SMARTS) is 1. The van der Waals surface area contributed by atoms with E-state index in [2.05, 4.69) is 21.7 Å². The summed E-state index contributed by atoms with van der Waals surface area (Å²) in [6.45, 7) is 4.98. The zero-order valence-corrected chi connectivity index (χ0v) is 16.8. The number of fused-ring (bicyclic) bond motifs is 1. The number of halogens is 3. The molecule has 1 N–H and O–H groups in total. The standard InChI is InChI=1S/C17H24N2O2S.C2HF3O2/c20-17(19-5-1-2-6-19)15-9-14-3-7-18(11-16(14)21-15)10-13-4-8-22-12-13;3-2(4,5)1(6)7/h4,8,12,14-16H,1-3,5-7,9-11H2;(H,6,7)/t14-,15+,16+;/m0./s1. The van der Waals surface area contributed by atoms with E-state index in [0.717, 1.165) is 52.0 Å². The molecule has 29 heavy (non-hydrogen) atoms. The maximum atomic E-state index is 12.5. The van der Waals surface area contributed by atoms with Gasteiger partial charge in [-0.3, -0.25) is 9.69 Å². The Balaban J connectivity index is 0.000000298. The van der Waals surface area contributed by atoms with Crippen LogP contribution in [0.25, 0.3) is 0 Å². The number of amides is 1. The molecule has 1 aromatic heterocycles. The van der Waals surface area contributed by atoms with Crippen molar-refractivity contribution in [2.45, 2.75) is 50.6 Å². The molecule has 162 valence electrons. The van der Waals surface area contributed by atoms with Crippen LogP contribution in [-0.2, 0) is 20.9 Å². The van der Waals surface area contributed by atoms with Crippen molar-refractivity contribution in [1.29, 1.82) is 0 Å². The van der Waals surface area contributed by atoms with Crippen LogP contribution in [-0.4, -0.2) is 71.3 Å². The lowest BCUT2D eigenvalue weighted by Crippen LogP contribution is -2.42. The minimum Gasteiger partial charge on any atom is -0.475 e. The summed E-state index contributed by atoms with van der Waals surface area (Å²) in [5.74, 6) is -1.93. The van der Waals surface area contributed by atoms with Gasteiger partial charge in [0.2, 0.25) is 0 Å². The zero-order chi connectivity index (χ0) is 21.0. The topological polar surface area (TPSA) is 70.1 Å². The minimum atomic E-state index is -5.08. The van der Waals surface area contributed by atoms with Crippen LogP contribution < -0.4 is 0 Å². The molecule has 4 heterocycles. The first kappa shape index (κ1) is 22.0. The molecule has 0 unspecified atom stereocenters. The summed E-state index contributed by atoms with van der Waals surface area (Å²) < 4.78 is 37.9. The highest BCUT2D eigenvalue weighted by molar-refractivity contribution is 7.07. The fraction of sp³-hybridized carbons (Fsp3) is 0.684. The van der Waals surface area contributed by atoms with Crippen LogP contribution in [0, 0.1) is 5.92 Å². The average molecular weight is 434 g/mol. The normalized spacial score (nSPS) is 27.3. The second-order valence-corrected chi connectivity index (χ2v) is 8.43. The Morgan fingerprint density at radius 3 is 2.52 bits per heavy atom. The number of alkyl halides is 3. The van der Waals surface area contributed by atoms with Crippen molar-refractivity contribution < 1.29 is 32.6 Å². The number of likely N-dealkylation sites (tertiary alicyclic amines) is 2. The highest BCUT2D eigenvalue weighted by Gasteiger charge is 2.43. The molecule has 0 radical (unpaired) electrons. The van der Waals surface area contributed by atoms with Gasteiger partial charge in [-0.1, -0.05) is 0 Å². The monoisotopic (exact) mass is 434 g/mol. The van der Waals surface area contributed by atoms with Gasteiger partial charge in [0.1, 0.15) is 6.10 Å². The molecule has 0 saturated carbocycles. The molecule has 4 rings (SSSR count). The second-order valence-electron chi connectivity index (χ2n) is 7.65. The summed E-state index contributed by atoms with van der Waals surface area (Å²) >= 11 is 1.76. The molecule has 10 heteroatoms. The van der Waals surface area contributed by atoms with Gasteiger partial charge in [-0.05, 0) is 60.5 Å². The SMILES string of the molecule is O=C(O)C(F)(F)F.O=C([C@H]1C[C@@H]2CCN(Cc3ccsc3)C[C@H]2O1)N1CCCC1. The van der Waals surface area contributed by atoms with Gasteiger partial charge in [0, 0.05) is 26.2 Å². The Kier molecular flexibility index (Phi) is 7.18. The van der Waals surface area contributed by atoms with Crippen molar-refractivity contribution in [2.24, 2.45) is 5.92 Å². The second kappa shape index (κ2) is 9.44. The third kappa shape index (κ3) is 5.93. The smallest absolute Gasteiger partial charge is 0.475 e. The number of thiophene rings is 1. The van der Waals surface area contributed by atoms with Gasteiger partial charge in [-0.25, -0.2) is 4.79 Å². The van der Waals surface area contributed by atoms with Crippen molar-refractivity contribution in [3.63, 3.8) is 0 Å². The molecule has 6 nitrogen and oxygen atoms in total. The number of carboxylic acids is 1. The summed E-state index contributed by atoms with van der Waals surface area (Å²) in [4.78, 5) is 25.9. The van der Waals surface area contributed by atoms with Gasteiger partial charge in [-0.15, -0.1) is 0 Å². The van der Waals surface area contributed by atoms with E-state index in [4.69, 9.17) is 14.6 Å². The molecule has 0 aromatic carbocycles. The summed E-state index contributed by atoms with van der Waals surface area (Å²) in [5, 5.41) is 11.5. The van der Waals surface area contributed by atoms with Crippen LogP contribution in [0.3, 0.4) is 0 Å². The van der Waals surface area contributed by atoms with Crippen LogP contribution in [0.1, 0.15) is 31.2 Å². The van der Waals surface area contributed by atoms with Gasteiger partial charge in [0.25, 0.3) is 5.91 Å². The first-order chi connectivity index (χ1) is 13.7. The van der Waals surface area contributed by atoms with E-state index in [1.807, 2.05) is 4.90 Å². The first-order valence-electron chi connectivity index (χ1n) is 9.72. The van der Waals surface area contributed by atoms with E-state index in [1.165, 1.54) is 12.0 Å². The molecule has 3 fully saturated rings. The fourth-order valence-electron chi connectivity index (χ4n) is 4.08. The molecular formula is C19H25F3N2O4S. The maximum Gasteiger partial charge on any atom is 0.490 e. The van der Waals surface area contributed by atoms with E-state index >= 15 is 0 Å². The van der Waals surface area contributed by atoms with E-state index in [0.29, 0.717) is 5.92 Å². The fourth-order valence-corrected chi connectivity index (χ4v) is 4.74. The number of carbonyl (C=O) groups excluding carboxylic acids is 1. The lowest BCUT2D eigenvalue weighted by molar-refractivity contribution is -0.192. The quantitative estimate of drug-likeness (QED) is 0.792. The largest absolute Gasteiger partial charge is 0.490 e. The molecular weight excluding hydrogens is 409 g/mol. The van der Waals surface area contributed by atoms with Crippen LogP contribution in [0.15, 0.2) is 16.8 Å². The number of piperidine rings is 1. The molecule has 3 saturated heterocycles. The van der Waals surface area contributed by atoms with Crippen LogP contribution >= 0.6 is 11.3 Å². The number of hydrogen-bond acceptors (Lipinski definition) is 5. The van der Waals surface area contributed by atoms with Gasteiger partial charge < -0.3 is 14.7 Å². The van der Waals surface area contributed by atoms with Crippen LogP contribution in [0.5, 0.6) is 0 Å². The summed E-state index contributed by atoms with van der Waals surface area (Å²) in [6, 6.07) is 2.20. The molecule has 0 bridgehead atoms. The van der Waals surface area contributed by atoms with E-state index in [1.54, 1.807) is 11.3 Å². The molecule has 0 spiro atoms. The van der Waals surface area contributed by atoms with E-state index < -0.39 is 12.1 Å². The van der Waals surface area contributed by atoms with Crippen molar-refractivity contribution in [3.8, 4) is 0 Å². The zero-order valence-electron chi connectivity index (χ0n) is 15.9. The summed E-state index contributed by atoms with van der Waals surface area (Å²) in [7, 11) is 0. The van der Waals surface area contributed by atoms with Gasteiger partial charge in [0.15, 0.2) is 0 Å². The summed E-state index contributed by atoms with van der Waals surface area (Å²) in [6.07, 6.45) is -0.595. The summed E-state index contributed by atoms with van der Waals surface area (Å²) in [5.41, 5.74) is 1.39. The van der Waals surface area contributed by atoms with Gasteiger partial charge in [0.05, 0.1) is 6.10 Å². The Labute approximate surface area is 171 Å². The molecule has 3 atom stereocenters. The highest BCUT2D eigenvalue weighted by atomic mass is 32.1. The predicted molar refractivity (Wildman–Crippen MR) is 100 cm³/mol.